The van der Waals surface area contributed by atoms with Crippen molar-refractivity contribution in [2.45, 2.75) is 0 Å². The number of benzene rings is 2. The van der Waals surface area contributed by atoms with E-state index in [2.05, 4.69) is 0 Å². The number of hydrogen-bond acceptors (Lipinski definition) is 3. The van der Waals surface area contributed by atoms with E-state index < -0.39 is 4.92 Å². The number of rotatable bonds is 3. The van der Waals surface area contributed by atoms with E-state index in [1.165, 1.54) is 18.2 Å². The fourth-order valence-corrected chi connectivity index (χ4v) is 1.74. The SMILES string of the molecule is O=C(c1ccccc1)c1ccc(Cl)c([N+](=O)[O-])c1. The van der Waals surface area contributed by atoms with E-state index in [0.717, 1.165) is 0 Å². The van der Waals surface area contributed by atoms with Crippen LogP contribution in [0.2, 0.25) is 5.02 Å². The lowest BCUT2D eigenvalue weighted by Gasteiger charge is -2.02. The maximum Gasteiger partial charge on any atom is 0.288 e. The van der Waals surface area contributed by atoms with Crippen molar-refractivity contribution in [3.63, 3.8) is 0 Å². The van der Waals surface area contributed by atoms with Gasteiger partial charge in [-0.3, -0.25) is 14.9 Å². The molecule has 18 heavy (non-hydrogen) atoms. The molecule has 0 saturated heterocycles. The molecule has 0 bridgehead atoms. The van der Waals surface area contributed by atoms with E-state index in [9.17, 15) is 14.9 Å². The lowest BCUT2D eigenvalue weighted by atomic mass is 10.0. The normalized spacial score (nSPS) is 10.1. The Balaban J connectivity index is 2.44. The van der Waals surface area contributed by atoms with Gasteiger partial charge in [0, 0.05) is 17.2 Å². The Labute approximate surface area is 108 Å². The topological polar surface area (TPSA) is 60.2 Å². The summed E-state index contributed by atoms with van der Waals surface area (Å²) in [5.41, 5.74) is 0.463. The number of hydrogen-bond donors (Lipinski definition) is 0. The largest absolute Gasteiger partial charge is 0.289 e. The molecule has 0 aliphatic rings. The Morgan fingerprint density at radius 2 is 1.72 bits per heavy atom. The molecule has 2 rings (SSSR count). The van der Waals surface area contributed by atoms with Crippen molar-refractivity contribution in [3.8, 4) is 0 Å². The molecule has 0 spiro atoms. The van der Waals surface area contributed by atoms with Crippen molar-refractivity contribution in [2.24, 2.45) is 0 Å². The fourth-order valence-electron chi connectivity index (χ4n) is 1.55. The predicted octanol–water partition coefficient (Wildman–Crippen LogP) is 3.48. The zero-order valence-electron chi connectivity index (χ0n) is 9.17. The molecule has 0 heterocycles. The van der Waals surface area contributed by atoms with Crippen LogP contribution in [0.25, 0.3) is 0 Å². The average molecular weight is 262 g/mol. The van der Waals surface area contributed by atoms with E-state index in [1.807, 2.05) is 0 Å². The average Bonchev–Trinajstić information content (AvgIpc) is 2.39. The summed E-state index contributed by atoms with van der Waals surface area (Å²) in [5.74, 6) is -0.268. The molecule has 0 fully saturated rings. The number of carbonyl (C=O) groups excluding carboxylic acids is 1. The zero-order chi connectivity index (χ0) is 13.1. The van der Waals surface area contributed by atoms with Gasteiger partial charge in [-0.15, -0.1) is 0 Å². The third-order valence-corrected chi connectivity index (χ3v) is 2.76. The third-order valence-electron chi connectivity index (χ3n) is 2.44. The molecule has 0 unspecified atom stereocenters. The molecule has 0 atom stereocenters. The molecule has 4 nitrogen and oxygen atoms in total. The Morgan fingerprint density at radius 1 is 1.06 bits per heavy atom. The van der Waals surface area contributed by atoms with Gasteiger partial charge in [-0.1, -0.05) is 41.9 Å². The highest BCUT2D eigenvalue weighted by molar-refractivity contribution is 6.32. The number of nitro benzene ring substituents is 1. The predicted molar refractivity (Wildman–Crippen MR) is 68.0 cm³/mol. The molecule has 0 aliphatic carbocycles. The Morgan fingerprint density at radius 3 is 2.33 bits per heavy atom. The standard InChI is InChI=1S/C13H8ClNO3/c14-11-7-6-10(8-12(11)15(17)18)13(16)9-4-2-1-3-5-9/h1-8H. The highest BCUT2D eigenvalue weighted by atomic mass is 35.5. The van der Waals surface area contributed by atoms with Crippen LogP contribution in [0.4, 0.5) is 5.69 Å². The molecule has 0 aliphatic heterocycles. The van der Waals surface area contributed by atoms with E-state index in [1.54, 1.807) is 30.3 Å². The number of nitrogens with zero attached hydrogens (tertiary/aromatic N) is 1. The quantitative estimate of drug-likeness (QED) is 0.483. The van der Waals surface area contributed by atoms with E-state index in [0.29, 0.717) is 5.56 Å². The van der Waals surface area contributed by atoms with Crippen molar-refractivity contribution < 1.29 is 9.72 Å². The molecule has 0 radical (unpaired) electrons. The molecular formula is C13H8ClNO3. The number of nitro groups is 1. The second-order valence-electron chi connectivity index (χ2n) is 3.62. The van der Waals surface area contributed by atoms with Crippen LogP contribution in [0.5, 0.6) is 0 Å². The highest BCUT2D eigenvalue weighted by Gasteiger charge is 2.16. The van der Waals surface area contributed by atoms with Gasteiger partial charge >= 0.3 is 0 Å². The fraction of sp³-hybridized carbons (Fsp3) is 0. The number of ketones is 1. The van der Waals surface area contributed by atoms with Gasteiger partial charge in [0.2, 0.25) is 0 Å². The monoisotopic (exact) mass is 261 g/mol. The summed E-state index contributed by atoms with van der Waals surface area (Å²) in [7, 11) is 0. The van der Waals surface area contributed by atoms with Crippen LogP contribution in [0.3, 0.4) is 0 Å². The lowest BCUT2D eigenvalue weighted by Crippen LogP contribution is -2.02. The van der Waals surface area contributed by atoms with Crippen molar-refractivity contribution >= 4 is 23.1 Å². The van der Waals surface area contributed by atoms with Crippen molar-refractivity contribution in [3.05, 3.63) is 74.8 Å². The summed E-state index contributed by atoms with van der Waals surface area (Å²) in [6, 6.07) is 12.6. The lowest BCUT2D eigenvalue weighted by molar-refractivity contribution is -0.384. The van der Waals surface area contributed by atoms with Gasteiger partial charge in [0.25, 0.3) is 5.69 Å². The Kier molecular flexibility index (Phi) is 3.39. The van der Waals surface area contributed by atoms with Crippen LogP contribution in [0, 0.1) is 10.1 Å². The molecule has 5 heteroatoms. The van der Waals surface area contributed by atoms with Crippen molar-refractivity contribution in [2.75, 3.05) is 0 Å². The summed E-state index contributed by atoms with van der Waals surface area (Å²) in [6.45, 7) is 0. The minimum atomic E-state index is -0.607. The van der Waals surface area contributed by atoms with Gasteiger partial charge in [0.1, 0.15) is 5.02 Å². The van der Waals surface area contributed by atoms with Gasteiger partial charge in [0.05, 0.1) is 4.92 Å². The van der Waals surface area contributed by atoms with Gasteiger partial charge in [-0.2, -0.15) is 0 Å². The number of halogens is 1. The summed E-state index contributed by atoms with van der Waals surface area (Å²) >= 11 is 5.69. The van der Waals surface area contributed by atoms with E-state index >= 15 is 0 Å². The van der Waals surface area contributed by atoms with Crippen LogP contribution >= 0.6 is 11.6 Å². The third kappa shape index (κ3) is 2.38. The zero-order valence-corrected chi connectivity index (χ0v) is 9.92. The molecule has 0 N–H and O–H groups in total. The molecule has 0 amide bonds. The van der Waals surface area contributed by atoms with E-state index in [4.69, 9.17) is 11.6 Å². The maximum absolute atomic E-state index is 12.1. The first-order valence-corrected chi connectivity index (χ1v) is 5.51. The summed E-state index contributed by atoms with van der Waals surface area (Å²) in [5, 5.41) is 10.8. The second-order valence-corrected chi connectivity index (χ2v) is 4.03. The Hall–Kier alpha value is -2.20. The molecule has 2 aromatic rings. The van der Waals surface area contributed by atoms with Crippen molar-refractivity contribution in [1.29, 1.82) is 0 Å². The Bertz CT molecular complexity index is 611. The molecular weight excluding hydrogens is 254 g/mol. The van der Waals surface area contributed by atoms with Crippen LogP contribution < -0.4 is 0 Å². The second kappa shape index (κ2) is 4.98. The first-order valence-electron chi connectivity index (χ1n) is 5.13. The first kappa shape index (κ1) is 12.3. The summed E-state index contributed by atoms with van der Waals surface area (Å²) < 4.78 is 0. The van der Waals surface area contributed by atoms with Crippen LogP contribution in [-0.4, -0.2) is 10.7 Å². The summed E-state index contributed by atoms with van der Waals surface area (Å²) in [4.78, 5) is 22.2. The number of carbonyl (C=O) groups is 1. The van der Waals surface area contributed by atoms with Gasteiger partial charge < -0.3 is 0 Å². The minimum Gasteiger partial charge on any atom is -0.289 e. The minimum absolute atomic E-state index is 0.0182. The molecule has 0 aromatic heterocycles. The van der Waals surface area contributed by atoms with Crippen LogP contribution in [0.1, 0.15) is 15.9 Å². The maximum atomic E-state index is 12.1. The first-order chi connectivity index (χ1) is 8.59. The van der Waals surface area contributed by atoms with Crippen LogP contribution in [0.15, 0.2) is 48.5 Å². The summed E-state index contributed by atoms with van der Waals surface area (Å²) in [6.07, 6.45) is 0. The highest BCUT2D eigenvalue weighted by Crippen LogP contribution is 2.26. The van der Waals surface area contributed by atoms with Gasteiger partial charge in [0.15, 0.2) is 5.78 Å². The van der Waals surface area contributed by atoms with Gasteiger partial charge in [-0.25, -0.2) is 0 Å². The van der Waals surface area contributed by atoms with Crippen LogP contribution in [-0.2, 0) is 0 Å². The van der Waals surface area contributed by atoms with Gasteiger partial charge in [-0.05, 0) is 12.1 Å². The molecule has 90 valence electrons. The van der Waals surface area contributed by atoms with E-state index in [-0.39, 0.29) is 22.1 Å². The molecule has 2 aromatic carbocycles. The van der Waals surface area contributed by atoms with Crippen molar-refractivity contribution in [1.82, 2.24) is 0 Å². The smallest absolute Gasteiger partial charge is 0.288 e. The molecule has 0 saturated carbocycles.